The molecular formula is C29H30N4O2. The van der Waals surface area contributed by atoms with Crippen molar-refractivity contribution < 1.29 is 9.59 Å². The van der Waals surface area contributed by atoms with Gasteiger partial charge in [-0.25, -0.2) is 4.98 Å². The van der Waals surface area contributed by atoms with Gasteiger partial charge in [-0.05, 0) is 57.2 Å². The molecule has 6 heteroatoms. The third-order valence-electron chi connectivity index (χ3n) is 6.63. The summed E-state index contributed by atoms with van der Waals surface area (Å²) in [6, 6.07) is 25.7. The SMILES string of the molecule is Cc1ccc(N2C[C@H](c3nc4ccccc4n3CC(=O)N(c3ccccc3)C(C)C)CC2=O)cc1. The number of hydrogen-bond acceptors (Lipinski definition) is 3. The van der Waals surface area contributed by atoms with Crippen LogP contribution in [0.3, 0.4) is 0 Å². The molecule has 1 atom stereocenters. The van der Waals surface area contributed by atoms with Gasteiger partial charge < -0.3 is 14.4 Å². The maximum absolute atomic E-state index is 13.6. The van der Waals surface area contributed by atoms with E-state index in [-0.39, 0.29) is 30.3 Å². The molecule has 3 aromatic carbocycles. The summed E-state index contributed by atoms with van der Waals surface area (Å²) >= 11 is 0. The molecule has 0 aliphatic carbocycles. The van der Waals surface area contributed by atoms with Crippen LogP contribution in [0.4, 0.5) is 11.4 Å². The van der Waals surface area contributed by atoms with Crippen molar-refractivity contribution in [2.45, 2.75) is 45.7 Å². The van der Waals surface area contributed by atoms with Crippen LogP contribution in [0.15, 0.2) is 78.9 Å². The number of amides is 2. The number of anilines is 2. The zero-order valence-electron chi connectivity index (χ0n) is 20.4. The molecule has 178 valence electrons. The number of carbonyl (C=O) groups excluding carboxylic acids is 2. The van der Waals surface area contributed by atoms with Gasteiger partial charge in [-0.1, -0.05) is 48.0 Å². The van der Waals surface area contributed by atoms with Gasteiger partial charge in [0.2, 0.25) is 11.8 Å². The quantitative estimate of drug-likeness (QED) is 0.387. The number of benzene rings is 3. The number of aryl methyl sites for hydroxylation is 1. The average molecular weight is 467 g/mol. The topological polar surface area (TPSA) is 58.4 Å². The molecule has 0 radical (unpaired) electrons. The van der Waals surface area contributed by atoms with E-state index in [1.54, 1.807) is 0 Å². The number of rotatable bonds is 6. The van der Waals surface area contributed by atoms with Crippen LogP contribution in [0.25, 0.3) is 11.0 Å². The number of carbonyl (C=O) groups is 2. The second-order valence-electron chi connectivity index (χ2n) is 9.48. The lowest BCUT2D eigenvalue weighted by Crippen LogP contribution is -2.39. The van der Waals surface area contributed by atoms with Crippen LogP contribution in [-0.4, -0.2) is 34.0 Å². The number of aromatic nitrogens is 2. The molecule has 2 heterocycles. The van der Waals surface area contributed by atoms with E-state index in [2.05, 4.69) is 0 Å². The highest BCUT2D eigenvalue weighted by Crippen LogP contribution is 2.33. The third kappa shape index (κ3) is 4.44. The minimum atomic E-state index is -0.0896. The molecule has 5 rings (SSSR count). The van der Waals surface area contributed by atoms with Gasteiger partial charge in [-0.15, -0.1) is 0 Å². The van der Waals surface area contributed by atoms with Crippen LogP contribution in [-0.2, 0) is 16.1 Å². The number of imidazole rings is 1. The van der Waals surface area contributed by atoms with Crippen molar-refractivity contribution in [3.05, 3.63) is 90.3 Å². The first-order valence-corrected chi connectivity index (χ1v) is 12.1. The Balaban J connectivity index is 1.49. The van der Waals surface area contributed by atoms with E-state index < -0.39 is 0 Å². The van der Waals surface area contributed by atoms with Gasteiger partial charge in [-0.2, -0.15) is 0 Å². The monoisotopic (exact) mass is 466 g/mol. The fraction of sp³-hybridized carbons (Fsp3) is 0.276. The molecule has 0 saturated carbocycles. The number of fused-ring (bicyclic) bond motifs is 1. The average Bonchev–Trinajstić information content (AvgIpc) is 3.41. The van der Waals surface area contributed by atoms with E-state index >= 15 is 0 Å². The molecule has 0 unspecified atom stereocenters. The number of hydrogen-bond donors (Lipinski definition) is 0. The number of nitrogens with zero attached hydrogens (tertiary/aromatic N) is 4. The van der Waals surface area contributed by atoms with Crippen molar-refractivity contribution in [1.29, 1.82) is 0 Å². The molecule has 2 amide bonds. The van der Waals surface area contributed by atoms with E-state index in [0.717, 1.165) is 33.8 Å². The summed E-state index contributed by atoms with van der Waals surface area (Å²) in [5.74, 6) is 0.778. The van der Waals surface area contributed by atoms with Crippen LogP contribution < -0.4 is 9.80 Å². The Bertz CT molecular complexity index is 1360. The third-order valence-corrected chi connectivity index (χ3v) is 6.63. The van der Waals surface area contributed by atoms with Gasteiger partial charge in [0.15, 0.2) is 0 Å². The number of para-hydroxylation sites is 3. The molecule has 1 saturated heterocycles. The predicted molar refractivity (Wildman–Crippen MR) is 140 cm³/mol. The molecule has 35 heavy (non-hydrogen) atoms. The van der Waals surface area contributed by atoms with Crippen molar-refractivity contribution in [1.82, 2.24) is 9.55 Å². The maximum atomic E-state index is 13.6. The largest absolute Gasteiger partial charge is 0.318 e. The molecule has 1 aliphatic heterocycles. The Kier molecular flexibility index (Phi) is 6.12. The van der Waals surface area contributed by atoms with Crippen molar-refractivity contribution in [3.8, 4) is 0 Å². The smallest absolute Gasteiger partial charge is 0.247 e. The summed E-state index contributed by atoms with van der Waals surface area (Å²) < 4.78 is 2.01. The highest BCUT2D eigenvalue weighted by atomic mass is 16.2. The van der Waals surface area contributed by atoms with Gasteiger partial charge in [0, 0.05) is 36.3 Å². The van der Waals surface area contributed by atoms with Crippen molar-refractivity contribution in [2.75, 3.05) is 16.3 Å². The van der Waals surface area contributed by atoms with Crippen molar-refractivity contribution >= 4 is 34.2 Å². The molecule has 1 aliphatic rings. The predicted octanol–water partition coefficient (Wildman–Crippen LogP) is 5.31. The van der Waals surface area contributed by atoms with Crippen LogP contribution >= 0.6 is 0 Å². The minimum Gasteiger partial charge on any atom is -0.318 e. The van der Waals surface area contributed by atoms with Crippen LogP contribution in [0.5, 0.6) is 0 Å². The summed E-state index contributed by atoms with van der Waals surface area (Å²) in [5, 5.41) is 0. The highest BCUT2D eigenvalue weighted by Gasteiger charge is 2.35. The van der Waals surface area contributed by atoms with Crippen molar-refractivity contribution in [3.63, 3.8) is 0 Å². The normalized spacial score (nSPS) is 15.8. The Morgan fingerprint density at radius 1 is 1.00 bits per heavy atom. The molecule has 0 spiro atoms. The first kappa shape index (κ1) is 22.8. The second-order valence-corrected chi connectivity index (χ2v) is 9.48. The molecule has 0 bridgehead atoms. The lowest BCUT2D eigenvalue weighted by Gasteiger charge is -2.27. The maximum Gasteiger partial charge on any atom is 0.247 e. The minimum absolute atomic E-state index is 0.00434. The fourth-order valence-electron chi connectivity index (χ4n) is 4.96. The van der Waals surface area contributed by atoms with E-state index in [1.807, 2.05) is 114 Å². The zero-order chi connectivity index (χ0) is 24.5. The molecule has 1 fully saturated rings. The van der Waals surface area contributed by atoms with E-state index in [4.69, 9.17) is 4.98 Å². The van der Waals surface area contributed by atoms with Crippen molar-refractivity contribution in [2.24, 2.45) is 0 Å². The summed E-state index contributed by atoms with van der Waals surface area (Å²) in [6.45, 7) is 6.79. The molecule has 4 aromatic rings. The molecular weight excluding hydrogens is 436 g/mol. The van der Waals surface area contributed by atoms with E-state index in [0.29, 0.717) is 13.0 Å². The van der Waals surface area contributed by atoms with E-state index in [9.17, 15) is 9.59 Å². The highest BCUT2D eigenvalue weighted by molar-refractivity contribution is 5.97. The Morgan fingerprint density at radius 3 is 2.40 bits per heavy atom. The van der Waals surface area contributed by atoms with E-state index in [1.165, 1.54) is 0 Å². The van der Waals surface area contributed by atoms with Gasteiger partial charge in [0.25, 0.3) is 0 Å². The zero-order valence-corrected chi connectivity index (χ0v) is 20.4. The Labute approximate surface area is 205 Å². The Hall–Kier alpha value is -3.93. The summed E-state index contributed by atoms with van der Waals surface area (Å²) in [4.78, 5) is 35.2. The standard InChI is InChI=1S/C29H30N4O2/c1-20(2)33(24-9-5-4-6-10-24)28(35)19-32-26-12-8-7-11-25(26)30-29(32)22-17-27(34)31(18-22)23-15-13-21(3)14-16-23/h4-16,20,22H,17-19H2,1-3H3/t22-/m1/s1. The summed E-state index contributed by atoms with van der Waals surface area (Å²) in [7, 11) is 0. The van der Waals surface area contributed by atoms with Crippen LogP contribution in [0.1, 0.15) is 37.6 Å². The first-order valence-electron chi connectivity index (χ1n) is 12.1. The molecule has 6 nitrogen and oxygen atoms in total. The lowest BCUT2D eigenvalue weighted by atomic mass is 10.1. The van der Waals surface area contributed by atoms with Gasteiger partial charge >= 0.3 is 0 Å². The fourth-order valence-corrected chi connectivity index (χ4v) is 4.96. The van der Waals surface area contributed by atoms with Crippen LogP contribution in [0, 0.1) is 6.92 Å². The molecule has 0 N–H and O–H groups in total. The van der Waals surface area contributed by atoms with Gasteiger partial charge in [0.1, 0.15) is 12.4 Å². The lowest BCUT2D eigenvalue weighted by molar-refractivity contribution is -0.119. The summed E-state index contributed by atoms with van der Waals surface area (Å²) in [5.41, 5.74) is 4.68. The Morgan fingerprint density at radius 2 is 1.69 bits per heavy atom. The van der Waals surface area contributed by atoms with Crippen LogP contribution in [0.2, 0.25) is 0 Å². The summed E-state index contributed by atoms with van der Waals surface area (Å²) in [6.07, 6.45) is 0.373. The molecule has 1 aromatic heterocycles. The second kappa shape index (κ2) is 9.37. The van der Waals surface area contributed by atoms with Gasteiger partial charge in [0.05, 0.1) is 11.0 Å². The first-order chi connectivity index (χ1) is 16.9. The van der Waals surface area contributed by atoms with Gasteiger partial charge in [-0.3, -0.25) is 9.59 Å².